The largest absolute Gasteiger partial charge is 0.478 e. The van der Waals surface area contributed by atoms with E-state index in [-0.39, 0.29) is 0 Å². The van der Waals surface area contributed by atoms with Gasteiger partial charge in [-0.15, -0.1) is 0 Å². The van der Waals surface area contributed by atoms with Crippen molar-refractivity contribution in [2.24, 2.45) is 4.99 Å². The minimum absolute atomic E-state index is 0.833. The minimum atomic E-state index is -0.981. The molecule has 4 nitrogen and oxygen atoms in total. The van der Waals surface area contributed by atoms with E-state index in [1.807, 2.05) is 14.0 Å². The lowest BCUT2D eigenvalue weighted by Gasteiger charge is -1.90. The van der Waals surface area contributed by atoms with Gasteiger partial charge in [-0.05, 0) is 6.92 Å². The lowest BCUT2D eigenvalue weighted by Crippen LogP contribution is -2.12. The van der Waals surface area contributed by atoms with Gasteiger partial charge in [-0.1, -0.05) is 6.58 Å². The average molecular weight is 158 g/mol. The number of rotatable bonds is 1. The number of nitrogens with zero attached hydrogens (tertiary/aromatic N) is 1. The number of aliphatic carboxylic acids is 1. The zero-order valence-electron chi connectivity index (χ0n) is 7.09. The van der Waals surface area contributed by atoms with Crippen molar-refractivity contribution in [1.82, 2.24) is 5.32 Å². The van der Waals surface area contributed by atoms with Gasteiger partial charge in [0.25, 0.3) is 0 Å². The predicted molar refractivity (Wildman–Crippen MR) is 45.9 cm³/mol. The van der Waals surface area contributed by atoms with Crippen molar-refractivity contribution in [3.63, 3.8) is 0 Å². The van der Waals surface area contributed by atoms with Gasteiger partial charge in [-0.2, -0.15) is 0 Å². The zero-order chi connectivity index (χ0) is 9.28. The molecule has 0 aliphatic carbocycles. The highest BCUT2D eigenvalue weighted by molar-refractivity contribution is 5.79. The van der Waals surface area contributed by atoms with Crippen LogP contribution in [0.2, 0.25) is 0 Å². The van der Waals surface area contributed by atoms with Crippen LogP contribution in [0.15, 0.2) is 17.6 Å². The molecule has 64 valence electrons. The van der Waals surface area contributed by atoms with Crippen LogP contribution in [-0.2, 0) is 4.79 Å². The van der Waals surface area contributed by atoms with Crippen LogP contribution in [0.1, 0.15) is 6.92 Å². The Bertz CT molecular complexity index is 153. The van der Waals surface area contributed by atoms with Crippen LogP contribution in [0.25, 0.3) is 0 Å². The number of carboxylic acid groups (broad SMARTS) is 1. The first-order valence-electron chi connectivity index (χ1n) is 3.05. The molecule has 4 heteroatoms. The third-order valence-electron chi connectivity index (χ3n) is 0.872. The summed E-state index contributed by atoms with van der Waals surface area (Å²) in [4.78, 5) is 13.1. The summed E-state index contributed by atoms with van der Waals surface area (Å²) in [6.07, 6.45) is 0.833. The molecule has 0 bridgehead atoms. The maximum Gasteiger partial charge on any atom is 0.327 e. The normalized spacial score (nSPS) is 9.18. The number of hydrogen-bond acceptors (Lipinski definition) is 2. The second kappa shape index (κ2) is 8.68. The molecule has 11 heavy (non-hydrogen) atoms. The molecule has 2 N–H and O–H groups in total. The van der Waals surface area contributed by atoms with Crippen LogP contribution in [0.3, 0.4) is 0 Å². The number of amidine groups is 1. The van der Waals surface area contributed by atoms with E-state index in [4.69, 9.17) is 5.11 Å². The Morgan fingerprint density at radius 2 is 2.09 bits per heavy atom. The number of hydrogen-bond donors (Lipinski definition) is 2. The summed E-state index contributed by atoms with van der Waals surface area (Å²) >= 11 is 0. The van der Waals surface area contributed by atoms with Crippen molar-refractivity contribution >= 4 is 11.8 Å². The molecule has 0 heterocycles. The van der Waals surface area contributed by atoms with E-state index in [0.717, 1.165) is 11.9 Å². The van der Waals surface area contributed by atoms with Gasteiger partial charge in [0.2, 0.25) is 0 Å². The van der Waals surface area contributed by atoms with Gasteiger partial charge >= 0.3 is 5.97 Å². The minimum Gasteiger partial charge on any atom is -0.478 e. The standard InChI is InChI=1S/C4H10N2.C3H4O2/c1-4(5-2)6-3;1-2-3(4)5/h1-3H3,(H,5,6);2H,1H2,(H,4,5). The second-order valence-electron chi connectivity index (χ2n) is 1.60. The summed E-state index contributed by atoms with van der Waals surface area (Å²) in [7, 11) is 3.61. The maximum absolute atomic E-state index is 9.25. The fourth-order valence-corrected chi connectivity index (χ4v) is 0.112. The Balaban J connectivity index is 0. The number of aliphatic imine (C=N–C) groups is 1. The SMILES string of the molecule is C=CC(=O)O.CN=C(C)NC. The molecule has 0 aromatic heterocycles. The van der Waals surface area contributed by atoms with Gasteiger partial charge in [0, 0.05) is 20.2 Å². The monoisotopic (exact) mass is 158 g/mol. The first-order chi connectivity index (χ1) is 5.08. The van der Waals surface area contributed by atoms with E-state index in [1.165, 1.54) is 0 Å². The molecule has 0 fully saturated rings. The Hall–Kier alpha value is -1.32. The van der Waals surface area contributed by atoms with Gasteiger partial charge in [-0.25, -0.2) is 4.79 Å². The van der Waals surface area contributed by atoms with Crippen molar-refractivity contribution in [2.75, 3.05) is 14.1 Å². The molecule has 0 radical (unpaired) electrons. The molecule has 0 spiro atoms. The molecule has 0 aliphatic rings. The molecular formula is C7H14N2O2. The quantitative estimate of drug-likeness (QED) is 0.332. The molecule has 0 aliphatic heterocycles. The van der Waals surface area contributed by atoms with Crippen molar-refractivity contribution in [2.45, 2.75) is 6.92 Å². The van der Waals surface area contributed by atoms with Crippen molar-refractivity contribution < 1.29 is 9.90 Å². The number of nitrogens with one attached hydrogen (secondary N) is 1. The summed E-state index contributed by atoms with van der Waals surface area (Å²) in [5.41, 5.74) is 0. The maximum atomic E-state index is 9.25. The van der Waals surface area contributed by atoms with Crippen LogP contribution >= 0.6 is 0 Å². The van der Waals surface area contributed by atoms with E-state index in [2.05, 4.69) is 16.9 Å². The molecule has 0 aromatic rings. The van der Waals surface area contributed by atoms with Gasteiger partial charge < -0.3 is 10.4 Å². The van der Waals surface area contributed by atoms with Crippen molar-refractivity contribution in [1.29, 1.82) is 0 Å². The second-order valence-corrected chi connectivity index (χ2v) is 1.60. The summed E-state index contributed by atoms with van der Waals surface area (Å²) in [5.74, 6) is -0.0139. The smallest absolute Gasteiger partial charge is 0.327 e. The van der Waals surface area contributed by atoms with E-state index >= 15 is 0 Å². The van der Waals surface area contributed by atoms with Gasteiger partial charge in [0.15, 0.2) is 0 Å². The predicted octanol–water partition coefficient (Wildman–Crippen LogP) is 0.511. The third kappa shape index (κ3) is 17.7. The van der Waals surface area contributed by atoms with Crippen LogP contribution < -0.4 is 5.32 Å². The van der Waals surface area contributed by atoms with Crippen LogP contribution in [0.5, 0.6) is 0 Å². The molecule has 0 saturated heterocycles. The topological polar surface area (TPSA) is 61.7 Å². The number of carboxylic acids is 1. The van der Waals surface area contributed by atoms with E-state index in [0.29, 0.717) is 0 Å². The summed E-state index contributed by atoms with van der Waals surface area (Å²) in [5, 5.41) is 10.5. The Labute approximate surface area is 66.6 Å². The molecule has 0 atom stereocenters. The first-order valence-corrected chi connectivity index (χ1v) is 3.05. The van der Waals surface area contributed by atoms with Crippen LogP contribution in [0, 0.1) is 0 Å². The highest BCUT2D eigenvalue weighted by Crippen LogP contribution is 1.59. The van der Waals surface area contributed by atoms with Crippen LogP contribution in [0.4, 0.5) is 0 Å². The Morgan fingerprint density at radius 1 is 1.73 bits per heavy atom. The summed E-state index contributed by atoms with van der Waals surface area (Å²) < 4.78 is 0. The Morgan fingerprint density at radius 3 is 2.09 bits per heavy atom. The van der Waals surface area contributed by atoms with Gasteiger partial charge in [-0.3, -0.25) is 4.99 Å². The van der Waals surface area contributed by atoms with E-state index in [1.54, 1.807) is 7.05 Å². The fraction of sp³-hybridized carbons (Fsp3) is 0.429. The molecule has 0 unspecified atom stereocenters. The van der Waals surface area contributed by atoms with Crippen LogP contribution in [-0.4, -0.2) is 31.0 Å². The highest BCUT2D eigenvalue weighted by Gasteiger charge is 1.73. The average Bonchev–Trinajstić information content (AvgIpc) is 2.04. The van der Waals surface area contributed by atoms with Crippen molar-refractivity contribution in [3.8, 4) is 0 Å². The lowest BCUT2D eigenvalue weighted by molar-refractivity contribution is -0.131. The van der Waals surface area contributed by atoms with Crippen molar-refractivity contribution in [3.05, 3.63) is 12.7 Å². The summed E-state index contributed by atoms with van der Waals surface area (Å²) in [6.45, 7) is 4.88. The van der Waals surface area contributed by atoms with E-state index in [9.17, 15) is 4.79 Å². The molecule has 0 rings (SSSR count). The molecule has 0 aromatic carbocycles. The Kier molecular flexibility index (Phi) is 9.76. The van der Waals surface area contributed by atoms with Gasteiger partial charge in [0.1, 0.15) is 0 Å². The first kappa shape index (κ1) is 12.4. The zero-order valence-corrected chi connectivity index (χ0v) is 7.09. The lowest BCUT2D eigenvalue weighted by atomic mass is 10.7. The summed E-state index contributed by atoms with van der Waals surface area (Å²) in [6, 6.07) is 0. The molecule has 0 amide bonds. The fourth-order valence-electron chi connectivity index (χ4n) is 0.112. The third-order valence-corrected chi connectivity index (χ3v) is 0.872. The van der Waals surface area contributed by atoms with E-state index < -0.39 is 5.97 Å². The highest BCUT2D eigenvalue weighted by atomic mass is 16.4. The molecule has 0 saturated carbocycles. The number of carbonyl (C=O) groups is 1. The molecular weight excluding hydrogens is 144 g/mol. The van der Waals surface area contributed by atoms with Gasteiger partial charge in [0.05, 0.1) is 5.84 Å².